The molecule has 0 radical (unpaired) electrons. The lowest BCUT2D eigenvalue weighted by atomic mass is 10.1. The van der Waals surface area contributed by atoms with Crippen LogP contribution in [-0.4, -0.2) is 46.1 Å². The van der Waals surface area contributed by atoms with Crippen LogP contribution in [0.2, 0.25) is 0 Å². The molecule has 7 heteroatoms. The second-order valence-corrected chi connectivity index (χ2v) is 5.33. The second kappa shape index (κ2) is 4.41. The number of rotatable bonds is 2. The van der Waals surface area contributed by atoms with E-state index in [1.807, 2.05) is 16.8 Å². The van der Waals surface area contributed by atoms with E-state index in [1.165, 1.54) is 4.90 Å². The molecule has 2 heterocycles. The standard InChI is InChI=1S/C12H12BrN3O3/c1-19-11-3-10-7(2-9(11)13)4-14-16(10)8-5-15(6-8)12(17)18/h2-4,8H,5-6H2,1H3,(H,17,18). The highest BCUT2D eigenvalue weighted by atomic mass is 79.9. The van der Waals surface area contributed by atoms with Crippen molar-refractivity contribution in [2.24, 2.45) is 0 Å². The van der Waals surface area contributed by atoms with Gasteiger partial charge in [0.1, 0.15) is 5.75 Å². The van der Waals surface area contributed by atoms with Crippen molar-refractivity contribution in [2.75, 3.05) is 20.2 Å². The van der Waals surface area contributed by atoms with Crippen molar-refractivity contribution in [3.8, 4) is 5.75 Å². The third-order valence-electron chi connectivity index (χ3n) is 3.35. The molecular weight excluding hydrogens is 314 g/mol. The first-order valence-corrected chi connectivity index (χ1v) is 6.58. The number of fused-ring (bicyclic) bond motifs is 1. The summed E-state index contributed by atoms with van der Waals surface area (Å²) < 4.78 is 8.02. The Bertz CT molecular complexity index is 649. The first-order valence-electron chi connectivity index (χ1n) is 5.79. The lowest BCUT2D eigenvalue weighted by Gasteiger charge is -2.37. The number of halogens is 1. The Morgan fingerprint density at radius 3 is 2.89 bits per heavy atom. The minimum atomic E-state index is -0.881. The first-order chi connectivity index (χ1) is 9.10. The molecule has 2 aromatic rings. The van der Waals surface area contributed by atoms with E-state index >= 15 is 0 Å². The Kier molecular flexibility index (Phi) is 2.85. The van der Waals surface area contributed by atoms with Gasteiger partial charge in [-0.25, -0.2) is 4.79 Å². The molecule has 0 atom stereocenters. The maximum absolute atomic E-state index is 10.8. The molecule has 1 aliphatic rings. The zero-order chi connectivity index (χ0) is 13.6. The van der Waals surface area contributed by atoms with Crippen molar-refractivity contribution in [3.63, 3.8) is 0 Å². The van der Waals surface area contributed by atoms with Gasteiger partial charge >= 0.3 is 6.09 Å². The number of likely N-dealkylation sites (tertiary alicyclic amines) is 1. The quantitative estimate of drug-likeness (QED) is 0.920. The number of nitrogens with zero attached hydrogens (tertiary/aromatic N) is 3. The maximum Gasteiger partial charge on any atom is 0.407 e. The smallest absolute Gasteiger partial charge is 0.407 e. The van der Waals surface area contributed by atoms with Gasteiger partial charge in [0, 0.05) is 24.5 Å². The third kappa shape index (κ3) is 1.94. The van der Waals surface area contributed by atoms with Crippen molar-refractivity contribution in [1.82, 2.24) is 14.7 Å². The Morgan fingerprint density at radius 2 is 2.26 bits per heavy atom. The molecule has 3 rings (SSSR count). The predicted molar refractivity (Wildman–Crippen MR) is 72.6 cm³/mol. The van der Waals surface area contributed by atoms with Gasteiger partial charge in [-0.1, -0.05) is 0 Å². The average Bonchev–Trinajstić information content (AvgIpc) is 2.68. The van der Waals surface area contributed by atoms with Crippen LogP contribution in [0, 0.1) is 0 Å². The van der Waals surface area contributed by atoms with Crippen molar-refractivity contribution in [2.45, 2.75) is 6.04 Å². The minimum Gasteiger partial charge on any atom is -0.495 e. The summed E-state index contributed by atoms with van der Waals surface area (Å²) in [4.78, 5) is 12.1. The van der Waals surface area contributed by atoms with Gasteiger partial charge in [-0.05, 0) is 22.0 Å². The fraction of sp³-hybridized carbons (Fsp3) is 0.333. The molecule has 1 amide bonds. The van der Waals surface area contributed by atoms with E-state index < -0.39 is 6.09 Å². The molecule has 6 nitrogen and oxygen atoms in total. The Labute approximate surface area is 117 Å². The molecule has 0 bridgehead atoms. The van der Waals surface area contributed by atoms with Crippen LogP contribution >= 0.6 is 15.9 Å². The van der Waals surface area contributed by atoms with Crippen LogP contribution in [0.25, 0.3) is 10.9 Å². The summed E-state index contributed by atoms with van der Waals surface area (Å²) >= 11 is 3.44. The summed E-state index contributed by atoms with van der Waals surface area (Å²) in [5.74, 6) is 0.740. The number of ether oxygens (including phenoxy) is 1. The first kappa shape index (κ1) is 12.3. The number of hydrogen-bond donors (Lipinski definition) is 1. The van der Waals surface area contributed by atoms with Gasteiger partial charge in [0.05, 0.1) is 29.3 Å². The summed E-state index contributed by atoms with van der Waals surface area (Å²) in [5, 5.41) is 14.2. The molecule has 19 heavy (non-hydrogen) atoms. The lowest BCUT2D eigenvalue weighted by molar-refractivity contribution is 0.0828. The van der Waals surface area contributed by atoms with Crippen molar-refractivity contribution >= 4 is 32.9 Å². The van der Waals surface area contributed by atoms with Crippen LogP contribution in [0.4, 0.5) is 4.79 Å². The number of carboxylic acid groups (broad SMARTS) is 1. The normalized spacial score (nSPS) is 15.6. The molecule has 1 saturated heterocycles. The van der Waals surface area contributed by atoms with Crippen LogP contribution < -0.4 is 4.74 Å². The summed E-state index contributed by atoms with van der Waals surface area (Å²) in [6, 6.07) is 3.96. The number of benzene rings is 1. The Balaban J connectivity index is 1.95. The van der Waals surface area contributed by atoms with Gasteiger partial charge in [0.25, 0.3) is 0 Å². The largest absolute Gasteiger partial charge is 0.495 e. The highest BCUT2D eigenvalue weighted by Crippen LogP contribution is 2.32. The predicted octanol–water partition coefficient (Wildman–Crippen LogP) is 2.34. The fourth-order valence-electron chi connectivity index (χ4n) is 2.26. The van der Waals surface area contributed by atoms with Crippen LogP contribution in [-0.2, 0) is 0 Å². The van der Waals surface area contributed by atoms with Gasteiger partial charge in [0.15, 0.2) is 0 Å². The second-order valence-electron chi connectivity index (χ2n) is 4.48. The number of aromatic nitrogens is 2. The zero-order valence-corrected chi connectivity index (χ0v) is 11.8. The van der Waals surface area contributed by atoms with Crippen LogP contribution in [0.5, 0.6) is 5.75 Å². The van der Waals surface area contributed by atoms with Gasteiger partial charge in [-0.3, -0.25) is 4.68 Å². The molecule has 1 aliphatic heterocycles. The SMILES string of the molecule is COc1cc2c(cnn2C2CN(C(=O)O)C2)cc1Br. The summed E-state index contributed by atoms with van der Waals surface area (Å²) in [5.41, 5.74) is 0.954. The van der Waals surface area contributed by atoms with Crippen LogP contribution in [0.1, 0.15) is 6.04 Å². The number of hydrogen-bond acceptors (Lipinski definition) is 3. The molecule has 1 fully saturated rings. The highest BCUT2D eigenvalue weighted by molar-refractivity contribution is 9.10. The van der Waals surface area contributed by atoms with Crippen LogP contribution in [0.15, 0.2) is 22.8 Å². The molecule has 1 N–H and O–H groups in total. The van der Waals surface area contributed by atoms with E-state index in [1.54, 1.807) is 13.3 Å². The molecule has 1 aromatic carbocycles. The number of carbonyl (C=O) groups is 1. The molecule has 0 saturated carbocycles. The van der Waals surface area contributed by atoms with Crippen molar-refractivity contribution < 1.29 is 14.6 Å². The molecule has 0 unspecified atom stereocenters. The topological polar surface area (TPSA) is 67.6 Å². The molecule has 1 aromatic heterocycles. The van der Waals surface area contributed by atoms with Crippen molar-refractivity contribution in [3.05, 3.63) is 22.8 Å². The summed E-state index contributed by atoms with van der Waals surface area (Å²) in [6.45, 7) is 0.953. The van der Waals surface area contributed by atoms with E-state index in [9.17, 15) is 4.79 Å². The van der Waals surface area contributed by atoms with Gasteiger partial charge in [-0.2, -0.15) is 5.10 Å². The van der Waals surface area contributed by atoms with Gasteiger partial charge in [-0.15, -0.1) is 0 Å². The maximum atomic E-state index is 10.8. The number of amides is 1. The van der Waals surface area contributed by atoms with Gasteiger partial charge in [0.2, 0.25) is 0 Å². The molecule has 0 aliphatic carbocycles. The highest BCUT2D eigenvalue weighted by Gasteiger charge is 2.33. The van der Waals surface area contributed by atoms with Gasteiger partial charge < -0.3 is 14.7 Å². The Morgan fingerprint density at radius 1 is 1.53 bits per heavy atom. The van der Waals surface area contributed by atoms with E-state index in [-0.39, 0.29) is 6.04 Å². The fourth-order valence-corrected chi connectivity index (χ4v) is 2.78. The Hall–Kier alpha value is -1.76. The van der Waals surface area contributed by atoms with Crippen LogP contribution in [0.3, 0.4) is 0 Å². The zero-order valence-electron chi connectivity index (χ0n) is 10.2. The average molecular weight is 326 g/mol. The van der Waals surface area contributed by atoms with E-state index in [0.29, 0.717) is 13.1 Å². The van der Waals surface area contributed by atoms with Crippen molar-refractivity contribution in [1.29, 1.82) is 0 Å². The minimum absolute atomic E-state index is 0.0967. The van der Waals surface area contributed by atoms with E-state index in [0.717, 1.165) is 21.1 Å². The monoisotopic (exact) mass is 325 g/mol. The van der Waals surface area contributed by atoms with E-state index in [4.69, 9.17) is 9.84 Å². The molecular formula is C12H12BrN3O3. The molecule has 100 valence electrons. The summed E-state index contributed by atoms with van der Waals surface area (Å²) in [7, 11) is 1.61. The third-order valence-corrected chi connectivity index (χ3v) is 3.97. The van der Waals surface area contributed by atoms with E-state index in [2.05, 4.69) is 21.0 Å². The molecule has 0 spiro atoms. The summed E-state index contributed by atoms with van der Waals surface area (Å²) in [6.07, 6.45) is 0.899. The number of methoxy groups -OCH3 is 1. The lowest BCUT2D eigenvalue weighted by Crippen LogP contribution is -2.50.